The van der Waals surface area contributed by atoms with E-state index in [1.54, 1.807) is 36.6 Å². The molecule has 15 heteroatoms. The standard InChI is InChI=1S/C24H37N9O6/c1-5-15(28-21(35)16(14(2)3)29-24(37)32-9-11-39-12-10-32)18(34)22(36)26-7-6-8-33-13-27-17-19(25)30-23(38-4)31-20(17)33/h13-16H,5-12H2,1-4H3,(H,26,36)(H,28,35)(H,29,37)(H2,25,30,31)/t15-,16-/m0/s1. The molecule has 1 saturated heterocycles. The van der Waals surface area contributed by atoms with Crippen molar-refractivity contribution in [2.24, 2.45) is 5.92 Å². The third kappa shape index (κ3) is 7.52. The van der Waals surface area contributed by atoms with Crippen molar-refractivity contribution in [3.8, 4) is 6.01 Å². The Morgan fingerprint density at radius 1 is 1.15 bits per heavy atom. The fraction of sp³-hybridized carbons (Fsp3) is 0.625. The van der Waals surface area contributed by atoms with Crippen molar-refractivity contribution < 1.29 is 28.7 Å². The number of ether oxygens (including phenoxy) is 2. The smallest absolute Gasteiger partial charge is 0.320 e. The van der Waals surface area contributed by atoms with E-state index in [-0.39, 0.29) is 36.7 Å². The molecule has 1 aliphatic heterocycles. The highest BCUT2D eigenvalue weighted by Gasteiger charge is 2.31. The number of hydrogen-bond donors (Lipinski definition) is 4. The van der Waals surface area contributed by atoms with Crippen molar-refractivity contribution in [2.45, 2.75) is 52.2 Å². The Morgan fingerprint density at radius 2 is 1.87 bits per heavy atom. The first-order valence-electron chi connectivity index (χ1n) is 12.9. The molecule has 214 valence electrons. The Bertz CT molecular complexity index is 1180. The zero-order chi connectivity index (χ0) is 28.5. The van der Waals surface area contributed by atoms with Crippen LogP contribution in [-0.4, -0.2) is 100 Å². The lowest BCUT2D eigenvalue weighted by atomic mass is 10.0. The monoisotopic (exact) mass is 547 g/mol. The van der Waals surface area contributed by atoms with Crippen LogP contribution in [0.15, 0.2) is 6.33 Å². The number of urea groups is 1. The zero-order valence-corrected chi connectivity index (χ0v) is 22.7. The van der Waals surface area contributed by atoms with Gasteiger partial charge in [-0.15, -0.1) is 0 Å². The van der Waals surface area contributed by atoms with Gasteiger partial charge in [-0.05, 0) is 18.8 Å². The van der Waals surface area contributed by atoms with Gasteiger partial charge in [0.2, 0.25) is 11.7 Å². The molecule has 1 aliphatic rings. The Hall–Kier alpha value is -4.01. The topological polar surface area (TPSA) is 196 Å². The molecule has 0 aromatic carbocycles. The number of ketones is 1. The number of carbonyl (C=O) groups excluding carboxylic acids is 4. The van der Waals surface area contributed by atoms with Gasteiger partial charge in [0.25, 0.3) is 5.91 Å². The van der Waals surface area contributed by atoms with Crippen LogP contribution in [0.2, 0.25) is 0 Å². The highest BCUT2D eigenvalue weighted by atomic mass is 16.5. The summed E-state index contributed by atoms with van der Waals surface area (Å²) in [6, 6.07) is -2.15. The quantitative estimate of drug-likeness (QED) is 0.198. The fourth-order valence-electron chi connectivity index (χ4n) is 4.04. The molecule has 2 atom stereocenters. The van der Waals surface area contributed by atoms with Crippen LogP contribution in [0.1, 0.15) is 33.6 Å². The van der Waals surface area contributed by atoms with Crippen molar-refractivity contribution in [1.82, 2.24) is 40.4 Å². The minimum Gasteiger partial charge on any atom is -0.467 e. The van der Waals surface area contributed by atoms with Gasteiger partial charge in [-0.2, -0.15) is 9.97 Å². The molecule has 0 radical (unpaired) electrons. The van der Waals surface area contributed by atoms with E-state index in [1.807, 2.05) is 0 Å². The summed E-state index contributed by atoms with van der Waals surface area (Å²) in [5, 5.41) is 7.96. The maximum Gasteiger partial charge on any atom is 0.320 e. The number of nitrogens with two attached hydrogens (primary N) is 1. The number of amides is 4. The lowest BCUT2D eigenvalue weighted by molar-refractivity contribution is -0.140. The van der Waals surface area contributed by atoms with Crippen LogP contribution in [0, 0.1) is 5.92 Å². The number of carbonyl (C=O) groups is 4. The molecule has 0 aliphatic carbocycles. The van der Waals surface area contributed by atoms with Crippen molar-refractivity contribution >= 4 is 40.6 Å². The van der Waals surface area contributed by atoms with E-state index in [9.17, 15) is 19.2 Å². The predicted octanol–water partition coefficient (Wildman–Crippen LogP) is -0.546. The molecule has 0 bridgehead atoms. The number of morpholine rings is 1. The number of fused-ring (bicyclic) bond motifs is 1. The first-order valence-corrected chi connectivity index (χ1v) is 12.9. The Morgan fingerprint density at radius 3 is 2.51 bits per heavy atom. The van der Waals surface area contributed by atoms with Crippen LogP contribution in [0.25, 0.3) is 11.2 Å². The van der Waals surface area contributed by atoms with Gasteiger partial charge in [0.1, 0.15) is 11.6 Å². The molecular formula is C24H37N9O6. The molecule has 2 aromatic rings. The molecule has 0 spiro atoms. The van der Waals surface area contributed by atoms with Crippen molar-refractivity contribution in [3.63, 3.8) is 0 Å². The van der Waals surface area contributed by atoms with Gasteiger partial charge in [0.05, 0.1) is 32.7 Å². The average Bonchev–Trinajstić information content (AvgIpc) is 3.35. The molecule has 0 saturated carbocycles. The summed E-state index contributed by atoms with van der Waals surface area (Å²) in [6.45, 7) is 7.66. The third-order valence-corrected chi connectivity index (χ3v) is 6.31. The summed E-state index contributed by atoms with van der Waals surface area (Å²) < 4.78 is 12.1. The molecule has 4 amide bonds. The number of aromatic nitrogens is 4. The molecule has 0 unspecified atom stereocenters. The minimum atomic E-state index is -1.02. The highest BCUT2D eigenvalue weighted by Crippen LogP contribution is 2.19. The molecule has 3 heterocycles. The first kappa shape index (κ1) is 29.5. The van der Waals surface area contributed by atoms with E-state index in [4.69, 9.17) is 15.2 Å². The van der Waals surface area contributed by atoms with Crippen molar-refractivity contribution in [3.05, 3.63) is 6.33 Å². The molecular weight excluding hydrogens is 510 g/mol. The lowest BCUT2D eigenvalue weighted by Gasteiger charge is -2.30. The molecule has 3 rings (SSSR count). The number of imidazole rings is 1. The van der Waals surface area contributed by atoms with Crippen LogP contribution >= 0.6 is 0 Å². The Balaban J connectivity index is 1.51. The van der Waals surface area contributed by atoms with Crippen LogP contribution in [-0.2, 0) is 25.7 Å². The predicted molar refractivity (Wildman–Crippen MR) is 141 cm³/mol. The van der Waals surface area contributed by atoms with Crippen LogP contribution in [0.4, 0.5) is 10.6 Å². The molecule has 15 nitrogen and oxygen atoms in total. The Kier molecular flexibility index (Phi) is 10.4. The number of aryl methyl sites for hydroxylation is 1. The second-order valence-electron chi connectivity index (χ2n) is 9.42. The van der Waals surface area contributed by atoms with E-state index < -0.39 is 29.7 Å². The van der Waals surface area contributed by atoms with Gasteiger partial charge in [0, 0.05) is 26.2 Å². The maximum absolute atomic E-state index is 13.0. The van der Waals surface area contributed by atoms with Crippen molar-refractivity contribution in [1.29, 1.82) is 0 Å². The van der Waals surface area contributed by atoms with Crippen molar-refractivity contribution in [2.75, 3.05) is 45.7 Å². The number of hydrogen-bond acceptors (Lipinski definition) is 10. The second kappa shape index (κ2) is 13.7. The van der Waals surface area contributed by atoms with Gasteiger partial charge in [-0.25, -0.2) is 9.78 Å². The second-order valence-corrected chi connectivity index (χ2v) is 9.42. The summed E-state index contributed by atoms with van der Waals surface area (Å²) in [6.07, 6.45) is 2.25. The van der Waals surface area contributed by atoms with Crippen LogP contribution < -0.4 is 26.4 Å². The SMILES string of the molecule is CC[C@H](NC(=O)[C@@H](NC(=O)N1CCOCC1)C(C)C)C(=O)C(=O)NCCCn1cnc2c(N)nc(OC)nc21. The van der Waals surface area contributed by atoms with Crippen LogP contribution in [0.5, 0.6) is 6.01 Å². The maximum atomic E-state index is 13.0. The molecule has 39 heavy (non-hydrogen) atoms. The summed E-state index contributed by atoms with van der Waals surface area (Å²) in [5.74, 6) is -2.13. The minimum absolute atomic E-state index is 0.119. The number of rotatable bonds is 12. The van der Waals surface area contributed by atoms with Gasteiger partial charge >= 0.3 is 12.0 Å². The normalized spacial score (nSPS) is 15.1. The third-order valence-electron chi connectivity index (χ3n) is 6.31. The number of methoxy groups -OCH3 is 1. The summed E-state index contributed by atoms with van der Waals surface area (Å²) >= 11 is 0. The fourth-order valence-corrected chi connectivity index (χ4v) is 4.04. The van der Waals surface area contributed by atoms with E-state index in [2.05, 4.69) is 30.9 Å². The summed E-state index contributed by atoms with van der Waals surface area (Å²) in [5.41, 5.74) is 6.82. The van der Waals surface area contributed by atoms with Gasteiger partial charge in [0.15, 0.2) is 11.5 Å². The van der Waals surface area contributed by atoms with E-state index in [0.717, 1.165) is 0 Å². The van der Waals surface area contributed by atoms with Crippen LogP contribution in [0.3, 0.4) is 0 Å². The highest BCUT2D eigenvalue weighted by molar-refractivity contribution is 6.38. The number of nitrogens with zero attached hydrogens (tertiary/aromatic N) is 5. The summed E-state index contributed by atoms with van der Waals surface area (Å²) in [4.78, 5) is 64.9. The van der Waals surface area contributed by atoms with E-state index in [1.165, 1.54) is 7.11 Å². The van der Waals surface area contributed by atoms with E-state index >= 15 is 0 Å². The summed E-state index contributed by atoms with van der Waals surface area (Å²) in [7, 11) is 1.43. The van der Waals surface area contributed by atoms with Gasteiger partial charge in [-0.3, -0.25) is 14.4 Å². The zero-order valence-electron chi connectivity index (χ0n) is 22.7. The lowest BCUT2D eigenvalue weighted by Crippen LogP contribution is -2.58. The molecule has 5 N–H and O–H groups in total. The van der Waals surface area contributed by atoms with E-state index in [0.29, 0.717) is 50.4 Å². The Labute approximate surface area is 226 Å². The number of Topliss-reactive ketones (excluding diaryl/α,β-unsaturated/α-hetero) is 1. The number of nitrogen functional groups attached to an aromatic ring is 1. The first-order chi connectivity index (χ1) is 18.7. The number of anilines is 1. The van der Waals surface area contributed by atoms with Gasteiger partial charge < -0.3 is 40.6 Å². The number of nitrogens with one attached hydrogen (secondary N) is 3. The molecule has 1 fully saturated rings. The average molecular weight is 548 g/mol. The molecule has 2 aromatic heterocycles. The largest absolute Gasteiger partial charge is 0.467 e. The van der Waals surface area contributed by atoms with Gasteiger partial charge in [-0.1, -0.05) is 20.8 Å².